The van der Waals surface area contributed by atoms with Crippen LogP contribution in [0.5, 0.6) is 0 Å². The average molecular weight is 559 g/mol. The quantitative estimate of drug-likeness (QED) is 0.313. The molecule has 3 N–H and O–H groups in total. The molecule has 216 valence electrons. The molecule has 8 heteroatoms. The van der Waals surface area contributed by atoms with Crippen molar-refractivity contribution in [2.45, 2.75) is 63.8 Å². The Kier molecular flexibility index (Phi) is 9.59. The van der Waals surface area contributed by atoms with E-state index in [0.717, 1.165) is 48.2 Å². The second kappa shape index (κ2) is 13.5. The van der Waals surface area contributed by atoms with E-state index in [9.17, 15) is 19.8 Å². The highest BCUT2D eigenvalue weighted by atomic mass is 16.7. The maximum atomic E-state index is 12.7. The van der Waals surface area contributed by atoms with Crippen LogP contribution in [0.15, 0.2) is 72.8 Å². The number of nitrogens with one attached hydrogen (secondary N) is 1. The van der Waals surface area contributed by atoms with Gasteiger partial charge < -0.3 is 25.0 Å². The molecule has 1 unspecified atom stereocenters. The summed E-state index contributed by atoms with van der Waals surface area (Å²) in [5, 5.41) is 22.1. The summed E-state index contributed by atoms with van der Waals surface area (Å²) in [5.74, 6) is -0.219. The highest BCUT2D eigenvalue weighted by Gasteiger charge is 2.35. The van der Waals surface area contributed by atoms with E-state index in [4.69, 9.17) is 9.47 Å². The van der Waals surface area contributed by atoms with E-state index in [1.54, 1.807) is 24.3 Å². The lowest BCUT2D eigenvalue weighted by Gasteiger charge is -2.38. The number of Topliss-reactive ketones (excluding diaryl/α,β-unsaturated/α-hetero) is 1. The van der Waals surface area contributed by atoms with Crippen LogP contribution in [0.25, 0.3) is 0 Å². The van der Waals surface area contributed by atoms with Gasteiger partial charge in [0.15, 0.2) is 12.1 Å². The van der Waals surface area contributed by atoms with Crippen LogP contribution in [0.2, 0.25) is 0 Å². The molecule has 0 aliphatic carbocycles. The lowest BCUT2D eigenvalue weighted by molar-refractivity contribution is -0.253. The molecule has 0 spiro atoms. The molecule has 3 aromatic rings. The molecule has 8 nitrogen and oxygen atoms in total. The molecular formula is C33H38N2O6. The van der Waals surface area contributed by atoms with E-state index in [1.165, 1.54) is 6.92 Å². The number of benzene rings is 3. The third-order valence-corrected chi connectivity index (χ3v) is 7.93. The van der Waals surface area contributed by atoms with E-state index in [-0.39, 0.29) is 49.6 Å². The van der Waals surface area contributed by atoms with Gasteiger partial charge >= 0.3 is 0 Å². The minimum Gasteiger partial charge on any atom is -0.395 e. The van der Waals surface area contributed by atoms with E-state index in [0.29, 0.717) is 17.7 Å². The molecule has 3 aromatic carbocycles. The first kappa shape index (κ1) is 29.1. The Balaban J connectivity index is 1.27. The van der Waals surface area contributed by atoms with Crippen molar-refractivity contribution in [3.63, 3.8) is 0 Å². The largest absolute Gasteiger partial charge is 0.395 e. The third kappa shape index (κ3) is 7.47. The Hall–Kier alpha value is -3.40. The van der Waals surface area contributed by atoms with E-state index in [2.05, 4.69) is 10.2 Å². The van der Waals surface area contributed by atoms with Crippen LogP contribution >= 0.6 is 0 Å². The van der Waals surface area contributed by atoms with Gasteiger partial charge in [-0.05, 0) is 55.1 Å². The number of likely N-dealkylation sites (tertiary alicyclic amines) is 1. The lowest BCUT2D eigenvalue weighted by atomic mass is 9.99. The Labute approximate surface area is 240 Å². The fraction of sp³-hybridized carbons (Fsp3) is 0.394. The normalized spacial score (nSPS) is 22.9. The van der Waals surface area contributed by atoms with Gasteiger partial charge in [0.2, 0.25) is 5.91 Å². The van der Waals surface area contributed by atoms with Crippen LogP contribution in [0.1, 0.15) is 71.2 Å². The Morgan fingerprint density at radius 3 is 2.39 bits per heavy atom. The number of hydrogen-bond acceptors (Lipinski definition) is 7. The number of rotatable bonds is 10. The van der Waals surface area contributed by atoms with Crippen molar-refractivity contribution in [2.75, 3.05) is 25.0 Å². The monoisotopic (exact) mass is 558 g/mol. The average Bonchev–Trinajstić information content (AvgIpc) is 3.44. The number of aliphatic hydroxyl groups is 2. The molecule has 0 radical (unpaired) electrons. The maximum Gasteiger partial charge on any atom is 0.228 e. The number of carbonyl (C=O) groups excluding carboxylic acids is 2. The van der Waals surface area contributed by atoms with E-state index in [1.807, 2.05) is 48.5 Å². The van der Waals surface area contributed by atoms with Crippen LogP contribution < -0.4 is 5.32 Å². The van der Waals surface area contributed by atoms with Gasteiger partial charge in [-0.25, -0.2) is 0 Å². The molecule has 0 aromatic heterocycles. The molecule has 41 heavy (non-hydrogen) atoms. The summed E-state index contributed by atoms with van der Waals surface area (Å²) >= 11 is 0. The number of nitrogens with zero attached hydrogens (tertiary/aromatic N) is 1. The second-order valence-electron chi connectivity index (χ2n) is 10.9. The number of aliphatic hydroxyl groups excluding tert-OH is 2. The predicted octanol–water partition coefficient (Wildman–Crippen LogP) is 4.56. The molecule has 2 aliphatic heterocycles. The Morgan fingerprint density at radius 1 is 0.951 bits per heavy atom. The highest BCUT2D eigenvalue weighted by Crippen LogP contribution is 2.38. The fourth-order valence-corrected chi connectivity index (χ4v) is 5.64. The van der Waals surface area contributed by atoms with Gasteiger partial charge in [0.05, 0.1) is 31.8 Å². The molecule has 1 amide bonds. The van der Waals surface area contributed by atoms with Gasteiger partial charge in [-0.1, -0.05) is 60.7 Å². The van der Waals surface area contributed by atoms with Gasteiger partial charge in [-0.15, -0.1) is 0 Å². The predicted molar refractivity (Wildman–Crippen MR) is 155 cm³/mol. The van der Waals surface area contributed by atoms with Crippen LogP contribution in [-0.2, 0) is 27.3 Å². The fourth-order valence-electron chi connectivity index (χ4n) is 5.64. The number of carbonyl (C=O) groups is 2. The van der Waals surface area contributed by atoms with Crippen molar-refractivity contribution in [2.24, 2.45) is 0 Å². The summed E-state index contributed by atoms with van der Waals surface area (Å²) in [4.78, 5) is 26.6. The summed E-state index contributed by atoms with van der Waals surface area (Å²) in [6, 6.07) is 22.6. The maximum absolute atomic E-state index is 12.7. The minimum atomic E-state index is -0.580. The number of ether oxygens (including phenoxy) is 2. The van der Waals surface area contributed by atoms with Crippen LogP contribution in [0.4, 0.5) is 5.69 Å². The highest BCUT2D eigenvalue weighted by molar-refractivity contribution is 5.97. The van der Waals surface area contributed by atoms with Gasteiger partial charge in [-0.2, -0.15) is 0 Å². The first-order valence-electron chi connectivity index (χ1n) is 14.3. The van der Waals surface area contributed by atoms with Crippen molar-refractivity contribution >= 4 is 17.4 Å². The van der Waals surface area contributed by atoms with Crippen molar-refractivity contribution < 1.29 is 29.3 Å². The topological polar surface area (TPSA) is 108 Å². The van der Waals surface area contributed by atoms with Gasteiger partial charge in [0.25, 0.3) is 0 Å². The zero-order valence-electron chi connectivity index (χ0n) is 23.4. The summed E-state index contributed by atoms with van der Waals surface area (Å²) in [6.07, 6.45) is 2.10. The zero-order chi connectivity index (χ0) is 28.8. The van der Waals surface area contributed by atoms with Crippen LogP contribution in [-0.4, -0.2) is 58.6 Å². The smallest absolute Gasteiger partial charge is 0.228 e. The first-order valence-corrected chi connectivity index (χ1v) is 14.3. The standard InChI is InChI=1S/C33H38N2O6/c1-22(38)27-4-2-5-28(17-27)34-32(39)16-23-7-13-26(14-8-23)33-40-30(19-35-15-3-6-29(35)21-37)18-31(41-33)25-11-9-24(20-36)10-12-25/h2,4-5,7-14,17,29-31,33,36-37H,3,6,15-16,18-21H2,1H3,(H,34,39)/t29-,30-,31+,33?/m0/s1. The summed E-state index contributed by atoms with van der Waals surface area (Å²) < 4.78 is 12.9. The molecule has 2 fully saturated rings. The Bertz CT molecular complexity index is 1330. The summed E-state index contributed by atoms with van der Waals surface area (Å²) in [7, 11) is 0. The van der Waals surface area contributed by atoms with Crippen LogP contribution in [0.3, 0.4) is 0 Å². The number of ketones is 1. The Morgan fingerprint density at radius 2 is 1.68 bits per heavy atom. The molecule has 2 heterocycles. The minimum absolute atomic E-state index is 0.00710. The number of hydrogen-bond donors (Lipinski definition) is 3. The third-order valence-electron chi connectivity index (χ3n) is 7.93. The number of anilines is 1. The molecule has 2 saturated heterocycles. The van der Waals surface area contributed by atoms with Gasteiger partial charge in [0.1, 0.15) is 0 Å². The molecule has 5 rings (SSSR count). The number of amides is 1. The summed E-state index contributed by atoms with van der Waals surface area (Å²) in [5.41, 5.74) is 4.74. The van der Waals surface area contributed by atoms with Gasteiger partial charge in [0, 0.05) is 35.8 Å². The van der Waals surface area contributed by atoms with E-state index < -0.39 is 6.29 Å². The molecule has 2 aliphatic rings. The van der Waals surface area contributed by atoms with Gasteiger partial charge in [-0.3, -0.25) is 14.5 Å². The SMILES string of the molecule is CC(=O)c1cccc(NC(=O)Cc2ccc(C3O[C@H](CN4CCC[C@H]4CO)C[C@H](c4ccc(CO)cc4)O3)cc2)c1. The van der Waals surface area contributed by atoms with Crippen LogP contribution in [0, 0.1) is 0 Å². The first-order chi connectivity index (χ1) is 19.9. The molecule has 4 atom stereocenters. The molecular weight excluding hydrogens is 520 g/mol. The van der Waals surface area contributed by atoms with E-state index >= 15 is 0 Å². The van der Waals surface area contributed by atoms with Crippen molar-refractivity contribution in [3.8, 4) is 0 Å². The summed E-state index contributed by atoms with van der Waals surface area (Å²) in [6.45, 7) is 3.31. The zero-order valence-corrected chi connectivity index (χ0v) is 23.4. The van der Waals surface area contributed by atoms with Crippen molar-refractivity contribution in [1.82, 2.24) is 4.90 Å². The molecule has 0 saturated carbocycles. The van der Waals surface area contributed by atoms with Crippen molar-refractivity contribution in [1.29, 1.82) is 0 Å². The lowest BCUT2D eigenvalue weighted by Crippen LogP contribution is -2.42. The van der Waals surface area contributed by atoms with Crippen molar-refractivity contribution in [3.05, 3.63) is 101 Å². The second-order valence-corrected chi connectivity index (χ2v) is 10.9. The molecule has 0 bridgehead atoms.